The van der Waals surface area contributed by atoms with Crippen molar-refractivity contribution >= 4 is 50.4 Å². The SMILES string of the molecule is Cc1c(C(=O)O)sc2nc(/C=C/c3cccc4ccccc34)[nH]c(=O)c12. The molecule has 0 atom stereocenters. The van der Waals surface area contributed by atoms with Gasteiger partial charge < -0.3 is 10.1 Å². The second kappa shape index (κ2) is 6.24. The topological polar surface area (TPSA) is 83.0 Å². The predicted molar refractivity (Wildman–Crippen MR) is 105 cm³/mol. The van der Waals surface area contributed by atoms with Crippen LogP contribution in [0.5, 0.6) is 0 Å². The second-order valence-corrected chi connectivity index (χ2v) is 6.89. The van der Waals surface area contributed by atoms with Crippen molar-refractivity contribution in [1.29, 1.82) is 0 Å². The zero-order valence-electron chi connectivity index (χ0n) is 13.8. The number of H-pyrrole nitrogens is 1. The van der Waals surface area contributed by atoms with E-state index >= 15 is 0 Å². The number of fused-ring (bicyclic) bond motifs is 2. The molecule has 0 bridgehead atoms. The maximum absolute atomic E-state index is 12.4. The summed E-state index contributed by atoms with van der Waals surface area (Å²) in [6.45, 7) is 1.63. The van der Waals surface area contributed by atoms with Gasteiger partial charge in [-0.3, -0.25) is 4.79 Å². The Morgan fingerprint density at radius 3 is 2.73 bits per heavy atom. The van der Waals surface area contributed by atoms with Crippen LogP contribution in [-0.4, -0.2) is 21.0 Å². The van der Waals surface area contributed by atoms with Gasteiger partial charge in [0.05, 0.1) is 5.39 Å². The summed E-state index contributed by atoms with van der Waals surface area (Å²) in [5.74, 6) is -0.647. The molecule has 5 nitrogen and oxygen atoms in total. The van der Waals surface area contributed by atoms with E-state index in [1.165, 1.54) is 0 Å². The van der Waals surface area contributed by atoms with E-state index < -0.39 is 5.97 Å². The van der Waals surface area contributed by atoms with E-state index in [2.05, 4.69) is 9.97 Å². The number of benzene rings is 2. The van der Waals surface area contributed by atoms with Gasteiger partial charge in [0.15, 0.2) is 0 Å². The first-order valence-corrected chi connectivity index (χ1v) is 8.79. The van der Waals surface area contributed by atoms with Crippen LogP contribution in [0.3, 0.4) is 0 Å². The number of aromatic nitrogens is 2. The number of hydrogen-bond acceptors (Lipinski definition) is 4. The van der Waals surface area contributed by atoms with Gasteiger partial charge in [0, 0.05) is 0 Å². The molecule has 2 aromatic heterocycles. The molecule has 0 spiro atoms. The van der Waals surface area contributed by atoms with Gasteiger partial charge in [-0.15, -0.1) is 11.3 Å². The van der Waals surface area contributed by atoms with Crippen LogP contribution in [0.4, 0.5) is 0 Å². The Balaban J connectivity index is 1.81. The fraction of sp³-hybridized carbons (Fsp3) is 0.0500. The van der Waals surface area contributed by atoms with E-state index in [1.807, 2.05) is 48.5 Å². The smallest absolute Gasteiger partial charge is 0.346 e. The van der Waals surface area contributed by atoms with Gasteiger partial charge in [0.25, 0.3) is 5.56 Å². The van der Waals surface area contributed by atoms with Gasteiger partial charge in [0.2, 0.25) is 0 Å². The first-order valence-electron chi connectivity index (χ1n) is 7.97. The lowest BCUT2D eigenvalue weighted by molar-refractivity contribution is 0.0701. The Bertz CT molecular complexity index is 1250. The lowest BCUT2D eigenvalue weighted by atomic mass is 10.0. The van der Waals surface area contributed by atoms with Crippen LogP contribution in [0.15, 0.2) is 47.3 Å². The number of aryl methyl sites for hydroxylation is 1. The number of aromatic amines is 1. The van der Waals surface area contributed by atoms with Crippen LogP contribution in [0.2, 0.25) is 0 Å². The van der Waals surface area contributed by atoms with E-state index in [9.17, 15) is 14.7 Å². The monoisotopic (exact) mass is 362 g/mol. The number of thiophene rings is 1. The van der Waals surface area contributed by atoms with Crippen LogP contribution < -0.4 is 5.56 Å². The normalized spacial score (nSPS) is 11.6. The molecule has 0 amide bonds. The highest BCUT2D eigenvalue weighted by atomic mass is 32.1. The standard InChI is InChI=1S/C20H14N2O3S/c1-11-16-18(23)21-15(22-19(16)26-17(11)20(24)25)10-9-13-7-4-6-12-5-2-3-8-14(12)13/h2-10H,1H3,(H,24,25)(H,21,22,23)/b10-9+. The van der Waals surface area contributed by atoms with E-state index in [-0.39, 0.29) is 10.4 Å². The van der Waals surface area contributed by atoms with Gasteiger partial charge >= 0.3 is 5.97 Å². The maximum atomic E-state index is 12.4. The molecule has 0 unspecified atom stereocenters. The molecular weight excluding hydrogens is 348 g/mol. The summed E-state index contributed by atoms with van der Waals surface area (Å²) in [5.41, 5.74) is 1.14. The lowest BCUT2D eigenvalue weighted by Gasteiger charge is -2.01. The van der Waals surface area contributed by atoms with Crippen molar-refractivity contribution in [1.82, 2.24) is 9.97 Å². The third kappa shape index (κ3) is 2.70. The molecule has 4 aromatic rings. The molecule has 6 heteroatoms. The Morgan fingerprint density at radius 2 is 1.92 bits per heavy atom. The van der Waals surface area contributed by atoms with Gasteiger partial charge in [-0.2, -0.15) is 0 Å². The molecule has 0 fully saturated rings. The summed E-state index contributed by atoms with van der Waals surface area (Å²) in [7, 11) is 0. The molecule has 26 heavy (non-hydrogen) atoms. The van der Waals surface area contributed by atoms with Crippen molar-refractivity contribution in [2.75, 3.05) is 0 Å². The average Bonchev–Trinajstić information content (AvgIpc) is 2.97. The Labute approximate surface area is 152 Å². The van der Waals surface area contributed by atoms with Crippen molar-refractivity contribution < 1.29 is 9.90 Å². The van der Waals surface area contributed by atoms with Gasteiger partial charge in [-0.1, -0.05) is 48.5 Å². The summed E-state index contributed by atoms with van der Waals surface area (Å²) in [6, 6.07) is 14.1. The first-order chi connectivity index (χ1) is 12.5. The third-order valence-electron chi connectivity index (χ3n) is 4.26. The summed E-state index contributed by atoms with van der Waals surface area (Å²) >= 11 is 1.02. The van der Waals surface area contributed by atoms with Crippen LogP contribution in [-0.2, 0) is 0 Å². The van der Waals surface area contributed by atoms with Crippen molar-refractivity contribution in [3.8, 4) is 0 Å². The van der Waals surface area contributed by atoms with Crippen molar-refractivity contribution in [2.45, 2.75) is 6.92 Å². The van der Waals surface area contributed by atoms with E-state index in [4.69, 9.17) is 0 Å². The van der Waals surface area contributed by atoms with Crippen molar-refractivity contribution in [3.63, 3.8) is 0 Å². The number of rotatable bonds is 3. The Morgan fingerprint density at radius 1 is 1.15 bits per heavy atom. The zero-order chi connectivity index (χ0) is 18.3. The lowest BCUT2D eigenvalue weighted by Crippen LogP contribution is -2.09. The minimum Gasteiger partial charge on any atom is -0.477 e. The van der Waals surface area contributed by atoms with Gasteiger partial charge in [-0.05, 0) is 34.9 Å². The molecule has 0 aliphatic carbocycles. The molecule has 0 saturated heterocycles. The highest BCUT2D eigenvalue weighted by Crippen LogP contribution is 2.27. The molecule has 4 rings (SSSR count). The van der Waals surface area contributed by atoms with Crippen LogP contribution >= 0.6 is 11.3 Å². The summed E-state index contributed by atoms with van der Waals surface area (Å²) in [5, 5.41) is 11.8. The highest BCUT2D eigenvalue weighted by Gasteiger charge is 2.18. The number of aromatic carboxylic acids is 1. The number of carboxylic acid groups (broad SMARTS) is 1. The summed E-state index contributed by atoms with van der Waals surface area (Å²) in [6.07, 6.45) is 3.63. The summed E-state index contributed by atoms with van der Waals surface area (Å²) in [4.78, 5) is 31.4. The minimum atomic E-state index is -1.04. The van der Waals surface area contributed by atoms with Crippen LogP contribution in [0.1, 0.15) is 26.6 Å². The quantitative estimate of drug-likeness (QED) is 0.569. The molecule has 0 aliphatic rings. The number of nitrogens with zero attached hydrogens (tertiary/aromatic N) is 1. The maximum Gasteiger partial charge on any atom is 0.346 e. The zero-order valence-corrected chi connectivity index (χ0v) is 14.6. The highest BCUT2D eigenvalue weighted by molar-refractivity contribution is 7.20. The molecule has 2 aromatic carbocycles. The second-order valence-electron chi connectivity index (χ2n) is 5.89. The molecule has 0 saturated carbocycles. The molecule has 128 valence electrons. The van der Waals surface area contributed by atoms with E-state index in [0.717, 1.165) is 27.7 Å². The van der Waals surface area contributed by atoms with Crippen LogP contribution in [0, 0.1) is 6.92 Å². The van der Waals surface area contributed by atoms with Gasteiger partial charge in [0.1, 0.15) is 15.5 Å². The molecule has 0 radical (unpaired) electrons. The number of carboxylic acids is 1. The van der Waals surface area contributed by atoms with Crippen molar-refractivity contribution in [2.24, 2.45) is 0 Å². The average molecular weight is 362 g/mol. The van der Waals surface area contributed by atoms with Gasteiger partial charge in [-0.25, -0.2) is 9.78 Å². The number of carbonyl (C=O) groups is 1. The fourth-order valence-corrected chi connectivity index (χ4v) is 4.04. The number of nitrogens with one attached hydrogen (secondary N) is 1. The fourth-order valence-electron chi connectivity index (χ4n) is 3.01. The van der Waals surface area contributed by atoms with Crippen LogP contribution in [0.25, 0.3) is 33.1 Å². The minimum absolute atomic E-state index is 0.146. The molecule has 2 heterocycles. The van der Waals surface area contributed by atoms with Crippen molar-refractivity contribution in [3.05, 3.63) is 74.6 Å². The molecule has 2 N–H and O–H groups in total. The Hall–Kier alpha value is -3.25. The van der Waals surface area contributed by atoms with E-state index in [0.29, 0.717) is 21.6 Å². The third-order valence-corrected chi connectivity index (χ3v) is 5.43. The largest absolute Gasteiger partial charge is 0.477 e. The number of hydrogen-bond donors (Lipinski definition) is 2. The Kier molecular flexibility index (Phi) is 3.89. The first kappa shape index (κ1) is 16.2. The molecular formula is C20H14N2O3S. The predicted octanol–water partition coefficient (Wildman–Crippen LogP) is 4.31. The summed E-state index contributed by atoms with van der Waals surface area (Å²) < 4.78 is 0. The molecule has 0 aliphatic heterocycles. The van der Waals surface area contributed by atoms with E-state index in [1.54, 1.807) is 13.0 Å².